The van der Waals surface area contributed by atoms with Gasteiger partial charge in [0.15, 0.2) is 5.82 Å². The summed E-state index contributed by atoms with van der Waals surface area (Å²) >= 11 is 1.56. The number of ether oxygens (including phenoxy) is 1. The molecule has 15 heavy (non-hydrogen) atoms. The number of methoxy groups -OCH3 is 1. The second-order valence-corrected chi connectivity index (χ2v) is 3.77. The Balaban J connectivity index is 2.14. The van der Waals surface area contributed by atoms with Crippen molar-refractivity contribution in [2.75, 3.05) is 7.11 Å². The van der Waals surface area contributed by atoms with Gasteiger partial charge in [-0.2, -0.15) is 0 Å². The Morgan fingerprint density at radius 2 is 2.53 bits per heavy atom. The Morgan fingerprint density at radius 3 is 3.20 bits per heavy atom. The van der Waals surface area contributed by atoms with Crippen molar-refractivity contribution in [3.8, 4) is 10.7 Å². The van der Waals surface area contributed by atoms with Crippen LogP contribution in [0.4, 0.5) is 0 Å². The van der Waals surface area contributed by atoms with Crippen LogP contribution in [0.5, 0.6) is 0 Å². The van der Waals surface area contributed by atoms with Crippen LogP contribution in [0, 0.1) is 0 Å². The van der Waals surface area contributed by atoms with Gasteiger partial charge in [0.1, 0.15) is 12.9 Å². The molecule has 0 aliphatic heterocycles. The summed E-state index contributed by atoms with van der Waals surface area (Å²) in [4.78, 5) is 16.1. The first-order chi connectivity index (χ1) is 7.29. The molecule has 0 atom stereocenters. The first-order valence-electron chi connectivity index (χ1n) is 4.30. The molecule has 0 saturated heterocycles. The lowest BCUT2D eigenvalue weighted by atomic mass is 10.4. The average Bonchev–Trinajstić information content (AvgIpc) is 2.85. The van der Waals surface area contributed by atoms with Gasteiger partial charge in [-0.25, -0.2) is 9.67 Å². The zero-order valence-electron chi connectivity index (χ0n) is 8.08. The van der Waals surface area contributed by atoms with E-state index in [0.29, 0.717) is 5.82 Å². The first kappa shape index (κ1) is 9.85. The average molecular weight is 223 g/mol. The molecular formula is C9H9N3O2S. The molecule has 2 heterocycles. The van der Waals surface area contributed by atoms with Crippen molar-refractivity contribution in [2.24, 2.45) is 0 Å². The predicted molar refractivity (Wildman–Crippen MR) is 55.4 cm³/mol. The second kappa shape index (κ2) is 4.22. The van der Waals surface area contributed by atoms with E-state index < -0.39 is 0 Å². The maximum atomic E-state index is 11.0. The number of hydrogen-bond acceptors (Lipinski definition) is 5. The van der Waals surface area contributed by atoms with E-state index in [-0.39, 0.29) is 12.5 Å². The van der Waals surface area contributed by atoms with Crippen LogP contribution in [0.25, 0.3) is 10.7 Å². The molecule has 0 bridgehead atoms. The molecule has 2 rings (SSSR count). The molecule has 0 spiro atoms. The maximum absolute atomic E-state index is 11.0. The quantitative estimate of drug-likeness (QED) is 0.733. The molecule has 0 aliphatic carbocycles. The summed E-state index contributed by atoms with van der Waals surface area (Å²) in [5.41, 5.74) is 0. The summed E-state index contributed by atoms with van der Waals surface area (Å²) < 4.78 is 5.99. The third-order valence-electron chi connectivity index (χ3n) is 1.80. The molecule has 6 heteroatoms. The molecule has 0 N–H and O–H groups in total. The zero-order chi connectivity index (χ0) is 10.7. The molecule has 0 unspecified atom stereocenters. The smallest absolute Gasteiger partial charge is 0.327 e. The molecule has 0 fully saturated rings. The minimum Gasteiger partial charge on any atom is -0.468 e. The van der Waals surface area contributed by atoms with Gasteiger partial charge < -0.3 is 4.74 Å². The fraction of sp³-hybridized carbons (Fsp3) is 0.222. The van der Waals surface area contributed by atoms with Crippen LogP contribution in [0.1, 0.15) is 0 Å². The van der Waals surface area contributed by atoms with E-state index in [9.17, 15) is 4.79 Å². The van der Waals surface area contributed by atoms with E-state index in [1.165, 1.54) is 18.1 Å². The Bertz CT molecular complexity index is 450. The van der Waals surface area contributed by atoms with Gasteiger partial charge in [0.25, 0.3) is 0 Å². The lowest BCUT2D eigenvalue weighted by Crippen LogP contribution is -2.11. The summed E-state index contributed by atoms with van der Waals surface area (Å²) in [6.45, 7) is 0.0921. The van der Waals surface area contributed by atoms with Crippen LogP contribution < -0.4 is 0 Å². The topological polar surface area (TPSA) is 57.0 Å². The van der Waals surface area contributed by atoms with Crippen molar-refractivity contribution < 1.29 is 9.53 Å². The molecule has 5 nitrogen and oxygen atoms in total. The van der Waals surface area contributed by atoms with Crippen molar-refractivity contribution >= 4 is 17.3 Å². The fourth-order valence-corrected chi connectivity index (χ4v) is 1.75. The third-order valence-corrected chi connectivity index (χ3v) is 2.66. The minimum absolute atomic E-state index is 0.0921. The van der Waals surface area contributed by atoms with Gasteiger partial charge in [-0.15, -0.1) is 16.4 Å². The van der Waals surface area contributed by atoms with Crippen molar-refractivity contribution in [2.45, 2.75) is 6.54 Å². The van der Waals surface area contributed by atoms with E-state index >= 15 is 0 Å². The molecule has 0 radical (unpaired) electrons. The number of carbonyl (C=O) groups is 1. The number of aromatic nitrogens is 3. The predicted octanol–water partition coefficient (Wildman–Crippen LogP) is 1.18. The van der Waals surface area contributed by atoms with Gasteiger partial charge in [-0.05, 0) is 11.4 Å². The lowest BCUT2D eigenvalue weighted by molar-refractivity contribution is -0.141. The third kappa shape index (κ3) is 2.21. The molecule has 0 aliphatic rings. The highest BCUT2D eigenvalue weighted by Gasteiger charge is 2.07. The van der Waals surface area contributed by atoms with Crippen LogP contribution in [0.15, 0.2) is 23.8 Å². The van der Waals surface area contributed by atoms with E-state index in [4.69, 9.17) is 0 Å². The molecular weight excluding hydrogens is 214 g/mol. The lowest BCUT2D eigenvalue weighted by Gasteiger charge is -1.96. The number of nitrogens with zero attached hydrogens (tertiary/aromatic N) is 3. The first-order valence-corrected chi connectivity index (χ1v) is 5.17. The van der Waals surface area contributed by atoms with Crippen LogP contribution in [0.3, 0.4) is 0 Å². The standard InChI is InChI=1S/C9H9N3O2S/c1-14-8(13)5-12-6-10-9(11-12)7-3-2-4-15-7/h2-4,6H,5H2,1H3. The van der Waals surface area contributed by atoms with Crippen LogP contribution in [-0.2, 0) is 16.1 Å². The van der Waals surface area contributed by atoms with Gasteiger partial charge >= 0.3 is 5.97 Å². The van der Waals surface area contributed by atoms with Crippen molar-refractivity contribution in [3.05, 3.63) is 23.8 Å². The number of rotatable bonds is 3. The summed E-state index contributed by atoms with van der Waals surface area (Å²) in [6.07, 6.45) is 1.52. The van der Waals surface area contributed by atoms with Gasteiger partial charge in [0.2, 0.25) is 0 Å². The van der Waals surface area contributed by atoms with E-state index in [0.717, 1.165) is 4.88 Å². The monoisotopic (exact) mass is 223 g/mol. The maximum Gasteiger partial charge on any atom is 0.327 e. The number of carbonyl (C=O) groups excluding carboxylic acids is 1. The van der Waals surface area contributed by atoms with Gasteiger partial charge in [0, 0.05) is 0 Å². The summed E-state index contributed by atoms with van der Waals surface area (Å²) in [5, 5.41) is 6.11. The van der Waals surface area contributed by atoms with E-state index in [2.05, 4.69) is 14.8 Å². The van der Waals surface area contributed by atoms with Gasteiger partial charge in [-0.1, -0.05) is 6.07 Å². The number of thiophene rings is 1. The molecule has 2 aromatic rings. The molecule has 78 valence electrons. The van der Waals surface area contributed by atoms with Crippen LogP contribution in [-0.4, -0.2) is 27.8 Å². The van der Waals surface area contributed by atoms with Gasteiger partial charge in [0.05, 0.1) is 12.0 Å². The van der Waals surface area contributed by atoms with Crippen molar-refractivity contribution in [3.63, 3.8) is 0 Å². The Kier molecular flexibility index (Phi) is 2.77. The highest BCUT2D eigenvalue weighted by Crippen LogP contribution is 2.19. The van der Waals surface area contributed by atoms with E-state index in [1.54, 1.807) is 11.3 Å². The van der Waals surface area contributed by atoms with E-state index in [1.807, 2.05) is 17.5 Å². The fourth-order valence-electron chi connectivity index (χ4n) is 1.09. The van der Waals surface area contributed by atoms with Crippen molar-refractivity contribution in [1.29, 1.82) is 0 Å². The van der Waals surface area contributed by atoms with Crippen LogP contribution >= 0.6 is 11.3 Å². The minimum atomic E-state index is -0.336. The summed E-state index contributed by atoms with van der Waals surface area (Å²) in [7, 11) is 1.35. The second-order valence-electron chi connectivity index (χ2n) is 2.82. The highest BCUT2D eigenvalue weighted by atomic mass is 32.1. The Hall–Kier alpha value is -1.69. The summed E-state index contributed by atoms with van der Waals surface area (Å²) in [6, 6.07) is 3.86. The summed E-state index contributed by atoms with van der Waals surface area (Å²) in [5.74, 6) is 0.298. The molecule has 0 aromatic carbocycles. The molecule has 0 amide bonds. The van der Waals surface area contributed by atoms with Crippen LogP contribution in [0.2, 0.25) is 0 Å². The number of hydrogen-bond donors (Lipinski definition) is 0. The SMILES string of the molecule is COC(=O)Cn1cnc(-c2cccs2)n1. The normalized spacial score (nSPS) is 10.2. The van der Waals surface area contributed by atoms with Crippen molar-refractivity contribution in [1.82, 2.24) is 14.8 Å². The Labute approximate surface area is 90.3 Å². The zero-order valence-corrected chi connectivity index (χ0v) is 8.90. The number of esters is 1. The Morgan fingerprint density at radius 1 is 1.67 bits per heavy atom. The highest BCUT2D eigenvalue weighted by molar-refractivity contribution is 7.13. The van der Waals surface area contributed by atoms with Gasteiger partial charge in [-0.3, -0.25) is 4.79 Å². The largest absolute Gasteiger partial charge is 0.468 e. The molecule has 0 saturated carbocycles. The molecule has 2 aromatic heterocycles.